The standard InChI is InChI=1S/C20H15N3O4S/c21-10-13-18(16-6-7-17(28-16)23(25)26)19-14(24)8-12(9-15(19)27-20(13)22)11-4-2-1-3-5-11/h1-7,12,18H,8-9,22H2. The number of nitrogens with zero attached hydrogens (tertiary/aromatic N) is 2. The van der Waals surface area contributed by atoms with E-state index in [1.165, 1.54) is 6.07 Å². The van der Waals surface area contributed by atoms with Gasteiger partial charge in [0, 0.05) is 29.4 Å². The van der Waals surface area contributed by atoms with Crippen LogP contribution in [0.1, 0.15) is 35.1 Å². The molecule has 1 aromatic heterocycles. The molecule has 7 nitrogen and oxygen atoms in total. The lowest BCUT2D eigenvalue weighted by atomic mass is 9.75. The van der Waals surface area contributed by atoms with Crippen molar-refractivity contribution in [1.82, 2.24) is 0 Å². The number of rotatable bonds is 3. The van der Waals surface area contributed by atoms with Crippen molar-refractivity contribution in [2.24, 2.45) is 5.73 Å². The van der Waals surface area contributed by atoms with E-state index in [2.05, 4.69) is 0 Å². The molecule has 2 aliphatic rings. The first kappa shape index (κ1) is 17.9. The molecule has 2 atom stereocenters. The van der Waals surface area contributed by atoms with E-state index in [0.29, 0.717) is 22.6 Å². The molecular formula is C20H15N3O4S. The summed E-state index contributed by atoms with van der Waals surface area (Å²) >= 11 is 0.942. The van der Waals surface area contributed by atoms with Gasteiger partial charge in [-0.2, -0.15) is 5.26 Å². The third kappa shape index (κ3) is 2.96. The van der Waals surface area contributed by atoms with Gasteiger partial charge in [-0.25, -0.2) is 0 Å². The molecule has 0 radical (unpaired) electrons. The first-order valence-electron chi connectivity index (χ1n) is 8.62. The van der Waals surface area contributed by atoms with Gasteiger partial charge in [0.2, 0.25) is 5.88 Å². The highest BCUT2D eigenvalue weighted by Crippen LogP contribution is 2.48. The number of nitro groups is 1. The van der Waals surface area contributed by atoms with Crippen molar-refractivity contribution in [2.75, 3.05) is 0 Å². The van der Waals surface area contributed by atoms with Crippen LogP contribution in [0, 0.1) is 21.4 Å². The molecule has 0 saturated heterocycles. The third-order valence-electron chi connectivity index (χ3n) is 5.01. The first-order valence-corrected chi connectivity index (χ1v) is 9.44. The summed E-state index contributed by atoms with van der Waals surface area (Å²) < 4.78 is 5.69. The number of Topliss-reactive ketones (excluding diaryl/α,β-unsaturated/α-hetero) is 1. The summed E-state index contributed by atoms with van der Waals surface area (Å²) in [6, 6.07) is 14.6. The summed E-state index contributed by atoms with van der Waals surface area (Å²) in [5.41, 5.74) is 7.51. The highest BCUT2D eigenvalue weighted by molar-refractivity contribution is 7.15. The van der Waals surface area contributed by atoms with Crippen LogP contribution in [-0.2, 0) is 9.53 Å². The van der Waals surface area contributed by atoms with Gasteiger partial charge in [-0.1, -0.05) is 41.7 Å². The molecule has 0 bridgehead atoms. The molecule has 2 heterocycles. The van der Waals surface area contributed by atoms with Crippen molar-refractivity contribution in [3.05, 3.63) is 85.8 Å². The van der Waals surface area contributed by atoms with Gasteiger partial charge in [0.05, 0.1) is 10.8 Å². The SMILES string of the molecule is N#CC1=C(N)OC2=C(C(=O)CC(c3ccccc3)C2)C1c1ccc([N+](=O)[O-])s1. The molecule has 1 aliphatic carbocycles. The number of carbonyl (C=O) groups excluding carboxylic acids is 1. The van der Waals surface area contributed by atoms with E-state index >= 15 is 0 Å². The minimum Gasteiger partial charge on any atom is -0.444 e. The maximum atomic E-state index is 13.1. The minimum absolute atomic E-state index is 0.0396. The number of thiophene rings is 1. The summed E-state index contributed by atoms with van der Waals surface area (Å²) in [4.78, 5) is 24.2. The molecular weight excluding hydrogens is 378 g/mol. The van der Waals surface area contributed by atoms with Crippen molar-refractivity contribution in [3.8, 4) is 6.07 Å². The molecule has 1 aromatic carbocycles. The molecule has 0 saturated carbocycles. The zero-order chi connectivity index (χ0) is 19.8. The number of nitriles is 1. The monoisotopic (exact) mass is 393 g/mol. The van der Waals surface area contributed by atoms with E-state index in [1.54, 1.807) is 6.07 Å². The molecule has 0 spiro atoms. The zero-order valence-corrected chi connectivity index (χ0v) is 15.4. The lowest BCUT2D eigenvalue weighted by Crippen LogP contribution is -2.29. The van der Waals surface area contributed by atoms with Crippen LogP contribution in [0.2, 0.25) is 0 Å². The molecule has 4 rings (SSSR count). The normalized spacial score (nSPS) is 21.8. The molecule has 1 aliphatic heterocycles. The number of nitrogens with two attached hydrogens (primary N) is 1. The number of hydrogen-bond acceptors (Lipinski definition) is 7. The average molecular weight is 393 g/mol. The summed E-state index contributed by atoms with van der Waals surface area (Å²) in [6.07, 6.45) is 0.767. The second kappa shape index (κ2) is 6.94. The average Bonchev–Trinajstić information content (AvgIpc) is 3.17. The Bertz CT molecular complexity index is 1080. The van der Waals surface area contributed by atoms with Crippen LogP contribution in [0.4, 0.5) is 5.00 Å². The quantitative estimate of drug-likeness (QED) is 0.624. The van der Waals surface area contributed by atoms with Crippen LogP contribution >= 0.6 is 11.3 Å². The van der Waals surface area contributed by atoms with Crippen molar-refractivity contribution >= 4 is 22.1 Å². The Kier molecular flexibility index (Phi) is 4.45. The Morgan fingerprint density at radius 3 is 2.61 bits per heavy atom. The predicted octanol–water partition coefficient (Wildman–Crippen LogP) is 3.86. The van der Waals surface area contributed by atoms with Crippen molar-refractivity contribution in [1.29, 1.82) is 5.26 Å². The van der Waals surface area contributed by atoms with Crippen molar-refractivity contribution < 1.29 is 14.5 Å². The van der Waals surface area contributed by atoms with Crippen LogP contribution < -0.4 is 5.73 Å². The van der Waals surface area contributed by atoms with E-state index in [4.69, 9.17) is 10.5 Å². The largest absolute Gasteiger partial charge is 0.444 e. The summed E-state index contributed by atoms with van der Waals surface area (Å²) in [5, 5.41) is 20.6. The maximum absolute atomic E-state index is 13.1. The van der Waals surface area contributed by atoms with Crippen LogP contribution in [0.5, 0.6) is 0 Å². The van der Waals surface area contributed by atoms with Crippen LogP contribution in [0.3, 0.4) is 0 Å². The Morgan fingerprint density at radius 2 is 1.96 bits per heavy atom. The van der Waals surface area contributed by atoms with Crippen LogP contribution in [0.15, 0.2) is 65.3 Å². The van der Waals surface area contributed by atoms with E-state index in [-0.39, 0.29) is 34.6 Å². The molecule has 2 aromatic rings. The second-order valence-corrected chi connectivity index (χ2v) is 7.73. The summed E-state index contributed by atoms with van der Waals surface area (Å²) in [6.45, 7) is 0. The van der Waals surface area contributed by atoms with Gasteiger partial charge in [0.1, 0.15) is 17.4 Å². The van der Waals surface area contributed by atoms with E-state index in [1.807, 2.05) is 36.4 Å². The van der Waals surface area contributed by atoms with Crippen LogP contribution in [0.25, 0.3) is 0 Å². The fourth-order valence-electron chi connectivity index (χ4n) is 3.75. The molecule has 0 amide bonds. The fourth-order valence-corrected chi connectivity index (χ4v) is 4.69. The predicted molar refractivity (Wildman–Crippen MR) is 102 cm³/mol. The first-order chi connectivity index (χ1) is 13.5. The molecule has 8 heteroatoms. The number of ether oxygens (including phenoxy) is 1. The lowest BCUT2D eigenvalue weighted by Gasteiger charge is -2.33. The van der Waals surface area contributed by atoms with Crippen molar-refractivity contribution in [3.63, 3.8) is 0 Å². The van der Waals surface area contributed by atoms with E-state index in [0.717, 1.165) is 16.9 Å². The smallest absolute Gasteiger partial charge is 0.324 e. The Balaban J connectivity index is 1.78. The van der Waals surface area contributed by atoms with Gasteiger partial charge in [-0.3, -0.25) is 14.9 Å². The molecule has 2 unspecified atom stereocenters. The Morgan fingerprint density at radius 1 is 1.21 bits per heavy atom. The second-order valence-electron chi connectivity index (χ2n) is 6.63. The van der Waals surface area contributed by atoms with Crippen LogP contribution in [-0.4, -0.2) is 10.7 Å². The zero-order valence-electron chi connectivity index (χ0n) is 14.6. The topological polar surface area (TPSA) is 119 Å². The van der Waals surface area contributed by atoms with Gasteiger partial charge in [0.15, 0.2) is 5.78 Å². The van der Waals surface area contributed by atoms with Gasteiger partial charge in [-0.05, 0) is 17.5 Å². The Labute approximate surface area is 164 Å². The highest BCUT2D eigenvalue weighted by Gasteiger charge is 2.41. The lowest BCUT2D eigenvalue weighted by molar-refractivity contribution is -0.380. The molecule has 140 valence electrons. The number of allylic oxidation sites excluding steroid dienone is 3. The number of ketones is 1. The molecule has 28 heavy (non-hydrogen) atoms. The number of benzene rings is 1. The summed E-state index contributed by atoms with van der Waals surface area (Å²) in [5.74, 6) is -0.498. The highest BCUT2D eigenvalue weighted by atomic mass is 32.1. The molecule has 2 N–H and O–H groups in total. The minimum atomic E-state index is -0.725. The number of carbonyl (C=O) groups is 1. The van der Waals surface area contributed by atoms with Crippen molar-refractivity contribution in [2.45, 2.75) is 24.7 Å². The van der Waals surface area contributed by atoms with E-state index < -0.39 is 10.8 Å². The molecule has 0 fully saturated rings. The van der Waals surface area contributed by atoms with Gasteiger partial charge < -0.3 is 10.5 Å². The third-order valence-corrected chi connectivity index (χ3v) is 6.11. The van der Waals surface area contributed by atoms with Gasteiger partial charge in [-0.15, -0.1) is 0 Å². The maximum Gasteiger partial charge on any atom is 0.324 e. The fraction of sp³-hybridized carbons (Fsp3) is 0.200. The Hall–Kier alpha value is -3.44. The van der Waals surface area contributed by atoms with E-state index in [9.17, 15) is 20.2 Å². The number of hydrogen-bond donors (Lipinski definition) is 1. The van der Waals surface area contributed by atoms with Gasteiger partial charge in [0.25, 0.3) is 0 Å². The summed E-state index contributed by atoms with van der Waals surface area (Å²) in [7, 11) is 0. The van der Waals surface area contributed by atoms with Gasteiger partial charge >= 0.3 is 5.00 Å².